The van der Waals surface area contributed by atoms with E-state index in [1.807, 2.05) is 19.2 Å². The number of benzene rings is 1. The molecule has 222 valence electrons. The molecule has 2 N–H and O–H groups in total. The Bertz CT molecular complexity index is 1760. The number of hydrogen-bond donors (Lipinski definition) is 2. The summed E-state index contributed by atoms with van der Waals surface area (Å²) in [6.07, 6.45) is 4.56. The third-order valence-corrected chi connectivity index (χ3v) is 8.63. The lowest BCUT2D eigenvalue weighted by Crippen LogP contribution is -2.22. The fraction of sp³-hybridized carbons (Fsp3) is 0.323. The van der Waals surface area contributed by atoms with Crippen LogP contribution in [0.25, 0.3) is 32.0 Å². The molecular formula is C31H31FN6O4S. The second kappa shape index (κ2) is 12.4. The van der Waals surface area contributed by atoms with E-state index in [-0.39, 0.29) is 30.4 Å². The number of rotatable bonds is 10. The molecule has 43 heavy (non-hydrogen) atoms. The van der Waals surface area contributed by atoms with Crippen LogP contribution in [0.4, 0.5) is 10.2 Å². The van der Waals surface area contributed by atoms with E-state index in [4.69, 9.17) is 19.0 Å². The Morgan fingerprint density at radius 2 is 2.02 bits per heavy atom. The zero-order chi connectivity index (χ0) is 29.9. The van der Waals surface area contributed by atoms with Crippen LogP contribution in [0, 0.1) is 5.82 Å². The number of halogens is 1. The van der Waals surface area contributed by atoms with Crippen LogP contribution in [0.2, 0.25) is 0 Å². The van der Waals surface area contributed by atoms with Crippen molar-refractivity contribution in [1.29, 1.82) is 0 Å². The molecule has 6 rings (SSSR count). The standard InChI is InChI=1S/C31H31FN6O4S/c1-4-41-30(39)25-24(22-16-18-13-15-35-28(33-2)27(18)43-22)23(29-37-31(40-3)38-42-29)20(36-26(25)21-6-5-14-34-21)12-9-17-7-10-19(32)11-8-17/h7-8,10-11,13,15-16,21,34H,4-6,9,12,14H2,1-3H3,(H,33,35). The van der Waals surface area contributed by atoms with Crippen LogP contribution in [-0.2, 0) is 17.6 Å². The molecule has 0 aliphatic carbocycles. The van der Waals surface area contributed by atoms with E-state index in [9.17, 15) is 9.18 Å². The molecule has 10 nitrogen and oxygen atoms in total. The lowest BCUT2D eigenvalue weighted by Gasteiger charge is -2.21. The number of nitrogens with zero attached hydrogens (tertiary/aromatic N) is 4. The van der Waals surface area contributed by atoms with Gasteiger partial charge in [0.25, 0.3) is 5.89 Å². The van der Waals surface area contributed by atoms with E-state index in [0.717, 1.165) is 45.7 Å². The maximum absolute atomic E-state index is 13.9. The van der Waals surface area contributed by atoms with Gasteiger partial charge in [-0.05, 0) is 79.5 Å². The molecule has 1 atom stereocenters. The molecule has 4 aromatic heterocycles. The predicted molar refractivity (Wildman–Crippen MR) is 162 cm³/mol. The highest BCUT2D eigenvalue weighted by Crippen LogP contribution is 2.46. The van der Waals surface area contributed by atoms with Gasteiger partial charge in [-0.15, -0.1) is 11.3 Å². The topological polar surface area (TPSA) is 124 Å². The number of thiophene rings is 1. The molecule has 5 aromatic rings. The predicted octanol–water partition coefficient (Wildman–Crippen LogP) is 5.98. The molecule has 1 aromatic carbocycles. The smallest absolute Gasteiger partial charge is 0.354 e. The van der Waals surface area contributed by atoms with Gasteiger partial charge in [0.2, 0.25) is 0 Å². The number of aryl methyl sites for hydroxylation is 2. The number of pyridine rings is 2. The summed E-state index contributed by atoms with van der Waals surface area (Å²) in [6, 6.07) is 10.3. The van der Waals surface area contributed by atoms with Crippen molar-refractivity contribution < 1.29 is 23.2 Å². The van der Waals surface area contributed by atoms with Crippen LogP contribution in [-0.4, -0.2) is 53.4 Å². The first-order chi connectivity index (χ1) is 21.0. The minimum Gasteiger partial charge on any atom is -0.465 e. The summed E-state index contributed by atoms with van der Waals surface area (Å²) in [6.45, 7) is 2.80. The number of carbonyl (C=O) groups is 1. The van der Waals surface area contributed by atoms with Gasteiger partial charge in [-0.25, -0.2) is 14.2 Å². The van der Waals surface area contributed by atoms with Crippen molar-refractivity contribution in [1.82, 2.24) is 25.4 Å². The van der Waals surface area contributed by atoms with Crippen molar-refractivity contribution in [3.63, 3.8) is 0 Å². The summed E-state index contributed by atoms with van der Waals surface area (Å²) in [5, 5.41) is 11.6. The number of hydrogen-bond acceptors (Lipinski definition) is 11. The Morgan fingerprint density at radius 3 is 2.72 bits per heavy atom. The van der Waals surface area contributed by atoms with E-state index in [0.29, 0.717) is 40.9 Å². The normalized spacial score (nSPS) is 14.7. The Morgan fingerprint density at radius 1 is 1.19 bits per heavy atom. The Kier molecular flexibility index (Phi) is 8.30. The molecule has 0 amide bonds. The van der Waals surface area contributed by atoms with Crippen LogP contribution in [0.1, 0.15) is 53.1 Å². The fourth-order valence-electron chi connectivity index (χ4n) is 5.47. The van der Waals surface area contributed by atoms with E-state index < -0.39 is 5.97 Å². The van der Waals surface area contributed by atoms with Crippen molar-refractivity contribution in [2.45, 2.75) is 38.6 Å². The monoisotopic (exact) mass is 602 g/mol. The molecule has 1 aliphatic heterocycles. The van der Waals surface area contributed by atoms with Crippen molar-refractivity contribution in [3.05, 3.63) is 70.9 Å². The number of carbonyl (C=O) groups excluding carboxylic acids is 1. The molecule has 12 heteroatoms. The Hall–Kier alpha value is -4.42. The van der Waals surface area contributed by atoms with Crippen molar-refractivity contribution in [2.24, 2.45) is 0 Å². The van der Waals surface area contributed by atoms with Crippen LogP contribution in [0.5, 0.6) is 6.01 Å². The fourth-order valence-corrected chi connectivity index (χ4v) is 6.67. The van der Waals surface area contributed by atoms with Crippen molar-refractivity contribution >= 4 is 33.2 Å². The van der Waals surface area contributed by atoms with Gasteiger partial charge in [0.1, 0.15) is 11.6 Å². The SMILES string of the molecule is CCOC(=O)c1c(C2CCCN2)nc(CCc2ccc(F)cc2)c(-c2nc(OC)no2)c1-c1cc2ccnc(NC)c2s1. The number of nitrogens with one attached hydrogen (secondary N) is 2. The van der Waals surface area contributed by atoms with Gasteiger partial charge in [-0.1, -0.05) is 12.1 Å². The summed E-state index contributed by atoms with van der Waals surface area (Å²) >= 11 is 1.50. The van der Waals surface area contributed by atoms with Gasteiger partial charge in [-0.3, -0.25) is 4.98 Å². The molecule has 5 heterocycles. The van der Waals surface area contributed by atoms with Crippen molar-refractivity contribution in [3.8, 4) is 27.9 Å². The van der Waals surface area contributed by atoms with Gasteiger partial charge in [-0.2, -0.15) is 4.98 Å². The molecule has 1 fully saturated rings. The minimum absolute atomic E-state index is 0.0580. The molecule has 1 unspecified atom stereocenters. The van der Waals surface area contributed by atoms with Gasteiger partial charge >= 0.3 is 12.0 Å². The first-order valence-electron chi connectivity index (χ1n) is 14.2. The highest BCUT2D eigenvalue weighted by Gasteiger charge is 2.34. The van der Waals surface area contributed by atoms with Gasteiger partial charge in [0, 0.05) is 23.7 Å². The molecule has 1 saturated heterocycles. The molecule has 1 aliphatic rings. The molecule has 0 radical (unpaired) electrons. The Labute approximate surface area is 251 Å². The second-order valence-corrected chi connectivity index (χ2v) is 11.1. The maximum atomic E-state index is 13.9. The average molecular weight is 603 g/mol. The first kappa shape index (κ1) is 28.7. The third kappa shape index (κ3) is 5.67. The van der Waals surface area contributed by atoms with Crippen LogP contribution in [0.15, 0.2) is 47.1 Å². The maximum Gasteiger partial charge on any atom is 0.354 e. The largest absolute Gasteiger partial charge is 0.465 e. The highest BCUT2D eigenvalue weighted by molar-refractivity contribution is 7.22. The van der Waals surface area contributed by atoms with Crippen molar-refractivity contribution in [2.75, 3.05) is 32.6 Å². The van der Waals surface area contributed by atoms with Gasteiger partial charge in [0.05, 0.1) is 47.0 Å². The minimum atomic E-state index is -0.476. The summed E-state index contributed by atoms with van der Waals surface area (Å²) in [7, 11) is 3.28. The molecule has 0 bridgehead atoms. The lowest BCUT2D eigenvalue weighted by molar-refractivity contribution is 0.0524. The zero-order valence-electron chi connectivity index (χ0n) is 24.1. The average Bonchev–Trinajstić information content (AvgIpc) is 3.81. The van der Waals surface area contributed by atoms with Gasteiger partial charge < -0.3 is 24.6 Å². The molecule has 0 spiro atoms. The quantitative estimate of drug-likeness (QED) is 0.184. The van der Waals surface area contributed by atoms with Crippen LogP contribution in [0.3, 0.4) is 0 Å². The second-order valence-electron chi connectivity index (χ2n) is 10.1. The number of aromatic nitrogens is 4. The zero-order valence-corrected chi connectivity index (χ0v) is 24.9. The number of ether oxygens (including phenoxy) is 2. The number of anilines is 1. The third-order valence-electron chi connectivity index (χ3n) is 7.45. The number of methoxy groups -OCH3 is 1. The van der Waals surface area contributed by atoms with E-state index in [1.165, 1.54) is 30.6 Å². The number of esters is 1. The highest BCUT2D eigenvalue weighted by atomic mass is 32.1. The Balaban J connectivity index is 1.66. The van der Waals surface area contributed by atoms with E-state index in [2.05, 4.69) is 25.8 Å². The lowest BCUT2D eigenvalue weighted by atomic mass is 9.91. The summed E-state index contributed by atoms with van der Waals surface area (Å²) in [4.78, 5) is 28.8. The van der Waals surface area contributed by atoms with E-state index in [1.54, 1.807) is 25.3 Å². The summed E-state index contributed by atoms with van der Waals surface area (Å²) < 4.78 is 31.2. The first-order valence-corrected chi connectivity index (χ1v) is 15.0. The van der Waals surface area contributed by atoms with Gasteiger partial charge in [0.15, 0.2) is 0 Å². The summed E-state index contributed by atoms with van der Waals surface area (Å²) in [5.74, 6) is 0.136. The number of fused-ring (bicyclic) bond motifs is 1. The van der Waals surface area contributed by atoms with Crippen LogP contribution >= 0.6 is 11.3 Å². The molecular weight excluding hydrogens is 571 g/mol. The van der Waals surface area contributed by atoms with Crippen LogP contribution < -0.4 is 15.4 Å². The van der Waals surface area contributed by atoms with E-state index >= 15 is 0 Å². The summed E-state index contributed by atoms with van der Waals surface area (Å²) in [5.41, 5.74) is 3.76. The molecule has 0 saturated carbocycles.